The number of aryl methyl sites for hydroxylation is 1. The van der Waals surface area contributed by atoms with E-state index in [1.165, 1.54) is 37.3 Å². The molecule has 0 saturated heterocycles. The zero-order chi connectivity index (χ0) is 25.1. The van der Waals surface area contributed by atoms with Crippen LogP contribution in [0.3, 0.4) is 0 Å². The Labute approximate surface area is 201 Å². The van der Waals surface area contributed by atoms with Crippen LogP contribution >= 0.6 is 0 Å². The predicted octanol–water partition coefficient (Wildman–Crippen LogP) is 4.59. The summed E-state index contributed by atoms with van der Waals surface area (Å²) >= 11 is 0. The van der Waals surface area contributed by atoms with E-state index >= 15 is 0 Å². The van der Waals surface area contributed by atoms with Gasteiger partial charge in [0, 0.05) is 24.4 Å². The number of halogens is 1. The lowest BCUT2D eigenvalue weighted by atomic mass is 10.0. The van der Waals surface area contributed by atoms with E-state index in [2.05, 4.69) is 20.0 Å². The molecule has 0 saturated carbocycles. The van der Waals surface area contributed by atoms with Gasteiger partial charge in [0.2, 0.25) is 0 Å². The van der Waals surface area contributed by atoms with Gasteiger partial charge in [-0.2, -0.15) is 0 Å². The van der Waals surface area contributed by atoms with Gasteiger partial charge in [-0.15, -0.1) is 0 Å². The minimum Gasteiger partial charge on any atom is -0.494 e. The fourth-order valence-corrected chi connectivity index (χ4v) is 3.71. The quantitative estimate of drug-likeness (QED) is 0.436. The number of benzene rings is 2. The standard InChI is InChI=1S/C25H24FN5O4/c1-5-15-10-16(24(32)30(2)17-6-8-19(26)21(12-17)34-3)11-20-23(15)28-14-31(20)18-7-9-22(27-13-18)29-25(33)35-4/h6-14H,5H2,1-4H3,(H,27,29,33). The number of carbonyl (C=O) groups is 2. The molecule has 0 aliphatic carbocycles. The molecule has 2 aromatic heterocycles. The third-order valence-electron chi connectivity index (χ3n) is 5.63. The third-order valence-corrected chi connectivity index (χ3v) is 5.63. The van der Waals surface area contributed by atoms with Crippen LogP contribution in [-0.4, -0.2) is 47.8 Å². The molecular weight excluding hydrogens is 453 g/mol. The van der Waals surface area contributed by atoms with Crippen molar-refractivity contribution in [3.05, 3.63) is 71.9 Å². The van der Waals surface area contributed by atoms with E-state index < -0.39 is 11.9 Å². The summed E-state index contributed by atoms with van der Waals surface area (Å²) < 4.78 is 25.3. The van der Waals surface area contributed by atoms with E-state index in [0.717, 1.165) is 16.6 Å². The number of rotatable bonds is 6. The second-order valence-corrected chi connectivity index (χ2v) is 7.67. The Morgan fingerprint density at radius 3 is 2.57 bits per heavy atom. The Kier molecular flexibility index (Phi) is 6.63. The first-order chi connectivity index (χ1) is 16.9. The molecule has 0 spiro atoms. The van der Waals surface area contributed by atoms with Crippen molar-refractivity contribution in [2.75, 3.05) is 31.5 Å². The van der Waals surface area contributed by atoms with Gasteiger partial charge >= 0.3 is 6.09 Å². The number of imidazole rings is 1. The van der Waals surface area contributed by atoms with Crippen LogP contribution < -0.4 is 15.0 Å². The predicted molar refractivity (Wildman–Crippen MR) is 130 cm³/mol. The van der Waals surface area contributed by atoms with Crippen LogP contribution in [0.4, 0.5) is 20.7 Å². The zero-order valence-corrected chi connectivity index (χ0v) is 19.7. The highest BCUT2D eigenvalue weighted by Gasteiger charge is 2.19. The number of nitrogens with one attached hydrogen (secondary N) is 1. The van der Waals surface area contributed by atoms with E-state index in [-0.39, 0.29) is 11.7 Å². The van der Waals surface area contributed by atoms with Gasteiger partial charge in [-0.05, 0) is 48.4 Å². The number of nitrogens with zero attached hydrogens (tertiary/aromatic N) is 4. The first-order valence-electron chi connectivity index (χ1n) is 10.8. The fraction of sp³-hybridized carbons (Fsp3) is 0.200. The van der Waals surface area contributed by atoms with Crippen LogP contribution in [-0.2, 0) is 11.2 Å². The van der Waals surface area contributed by atoms with Gasteiger partial charge < -0.3 is 14.4 Å². The largest absolute Gasteiger partial charge is 0.494 e. The van der Waals surface area contributed by atoms with Gasteiger partial charge in [-0.1, -0.05) is 6.92 Å². The molecule has 2 amide bonds. The minimum atomic E-state index is -0.614. The molecule has 10 heteroatoms. The molecule has 0 radical (unpaired) electrons. The van der Waals surface area contributed by atoms with Gasteiger partial charge in [0.25, 0.3) is 5.91 Å². The molecule has 4 rings (SSSR count). The smallest absolute Gasteiger partial charge is 0.412 e. The van der Waals surface area contributed by atoms with Gasteiger partial charge in [0.05, 0.1) is 37.1 Å². The summed E-state index contributed by atoms with van der Waals surface area (Å²) in [5.41, 5.74) is 4.06. The first kappa shape index (κ1) is 23.7. The summed E-state index contributed by atoms with van der Waals surface area (Å²) in [6, 6.07) is 11.3. The maximum atomic E-state index is 13.8. The lowest BCUT2D eigenvalue weighted by Crippen LogP contribution is -2.26. The van der Waals surface area contributed by atoms with Crippen LogP contribution in [0.1, 0.15) is 22.8 Å². The molecule has 4 aromatic rings. The van der Waals surface area contributed by atoms with Crippen LogP contribution in [0.5, 0.6) is 5.75 Å². The molecule has 0 bridgehead atoms. The maximum Gasteiger partial charge on any atom is 0.412 e. The van der Waals surface area contributed by atoms with Crippen molar-refractivity contribution in [3.8, 4) is 11.4 Å². The van der Waals surface area contributed by atoms with Crippen molar-refractivity contribution in [1.29, 1.82) is 0 Å². The lowest BCUT2D eigenvalue weighted by Gasteiger charge is -2.19. The lowest BCUT2D eigenvalue weighted by molar-refractivity contribution is 0.0993. The van der Waals surface area contributed by atoms with Crippen LogP contribution in [0.2, 0.25) is 0 Å². The van der Waals surface area contributed by atoms with E-state index in [1.807, 2.05) is 17.6 Å². The van der Waals surface area contributed by atoms with Crippen LogP contribution in [0.15, 0.2) is 55.0 Å². The monoisotopic (exact) mass is 477 g/mol. The average Bonchev–Trinajstić information content (AvgIpc) is 3.32. The molecule has 0 unspecified atom stereocenters. The number of hydrogen-bond acceptors (Lipinski definition) is 6. The summed E-state index contributed by atoms with van der Waals surface area (Å²) in [5.74, 6) is -0.370. The second kappa shape index (κ2) is 9.80. The molecule has 0 atom stereocenters. The third kappa shape index (κ3) is 4.63. The second-order valence-electron chi connectivity index (χ2n) is 7.67. The Bertz CT molecular complexity index is 1400. The van der Waals surface area contributed by atoms with Gasteiger partial charge in [-0.25, -0.2) is 19.2 Å². The summed E-state index contributed by atoms with van der Waals surface area (Å²) in [6.45, 7) is 1.99. The molecular formula is C25H24FN5O4. The average molecular weight is 477 g/mol. The van der Waals surface area contributed by atoms with Crippen molar-refractivity contribution in [2.24, 2.45) is 0 Å². The molecule has 180 valence electrons. The Hall–Kier alpha value is -4.47. The van der Waals surface area contributed by atoms with Gasteiger partial charge in [0.1, 0.15) is 12.1 Å². The summed E-state index contributed by atoms with van der Waals surface area (Å²) in [6.07, 6.45) is 3.31. The topological polar surface area (TPSA) is 98.6 Å². The number of fused-ring (bicyclic) bond motifs is 1. The highest BCUT2D eigenvalue weighted by Crippen LogP contribution is 2.28. The van der Waals surface area contributed by atoms with E-state index in [9.17, 15) is 14.0 Å². The van der Waals surface area contributed by atoms with Crippen molar-refractivity contribution in [2.45, 2.75) is 13.3 Å². The van der Waals surface area contributed by atoms with Crippen molar-refractivity contribution >= 4 is 34.5 Å². The Balaban J connectivity index is 1.72. The highest BCUT2D eigenvalue weighted by molar-refractivity contribution is 6.08. The molecule has 0 aliphatic rings. The minimum absolute atomic E-state index is 0.0579. The Morgan fingerprint density at radius 1 is 1.11 bits per heavy atom. The van der Waals surface area contributed by atoms with Crippen molar-refractivity contribution < 1.29 is 23.5 Å². The number of pyridine rings is 1. The summed E-state index contributed by atoms with van der Waals surface area (Å²) in [7, 11) is 4.27. The van der Waals surface area contributed by atoms with E-state index in [4.69, 9.17) is 4.74 Å². The number of anilines is 2. The summed E-state index contributed by atoms with van der Waals surface area (Å²) in [5, 5.41) is 2.50. The highest BCUT2D eigenvalue weighted by atomic mass is 19.1. The number of amides is 2. The molecule has 1 N–H and O–H groups in total. The zero-order valence-electron chi connectivity index (χ0n) is 19.7. The number of methoxy groups -OCH3 is 2. The number of hydrogen-bond donors (Lipinski definition) is 1. The Morgan fingerprint density at radius 2 is 1.91 bits per heavy atom. The molecule has 9 nitrogen and oxygen atoms in total. The molecule has 2 heterocycles. The fourth-order valence-electron chi connectivity index (χ4n) is 3.71. The number of ether oxygens (including phenoxy) is 2. The maximum absolute atomic E-state index is 13.8. The number of carbonyl (C=O) groups excluding carboxylic acids is 2. The first-order valence-corrected chi connectivity index (χ1v) is 10.8. The molecule has 2 aromatic carbocycles. The number of aromatic nitrogens is 3. The summed E-state index contributed by atoms with van der Waals surface area (Å²) in [4.78, 5) is 35.0. The molecule has 35 heavy (non-hydrogen) atoms. The van der Waals surface area contributed by atoms with E-state index in [1.54, 1.807) is 37.8 Å². The van der Waals surface area contributed by atoms with Crippen LogP contribution in [0, 0.1) is 5.82 Å². The van der Waals surface area contributed by atoms with Gasteiger partial charge in [-0.3, -0.25) is 14.7 Å². The van der Waals surface area contributed by atoms with Crippen molar-refractivity contribution in [3.63, 3.8) is 0 Å². The van der Waals surface area contributed by atoms with E-state index in [0.29, 0.717) is 29.2 Å². The van der Waals surface area contributed by atoms with Crippen molar-refractivity contribution in [1.82, 2.24) is 14.5 Å². The molecule has 0 aliphatic heterocycles. The van der Waals surface area contributed by atoms with Crippen LogP contribution in [0.25, 0.3) is 16.7 Å². The molecule has 0 fully saturated rings. The normalized spacial score (nSPS) is 10.8. The SMILES string of the molecule is CCc1cc(C(=O)N(C)c2ccc(F)c(OC)c2)cc2c1ncn2-c1ccc(NC(=O)OC)nc1. The van der Waals surface area contributed by atoms with Gasteiger partial charge in [0.15, 0.2) is 11.6 Å².